The highest BCUT2D eigenvalue weighted by Crippen LogP contribution is 2.31. The first-order valence-corrected chi connectivity index (χ1v) is 8.26. The minimum atomic E-state index is -0.106. The van der Waals surface area contributed by atoms with Gasteiger partial charge in [-0.3, -0.25) is 4.79 Å². The molecule has 114 valence electrons. The van der Waals surface area contributed by atoms with Crippen molar-refractivity contribution in [1.82, 2.24) is 15.5 Å². The minimum Gasteiger partial charge on any atom is -0.397 e. The van der Waals surface area contributed by atoms with Crippen molar-refractivity contribution >= 4 is 33.1 Å². The maximum atomic E-state index is 12.3. The van der Waals surface area contributed by atoms with E-state index in [2.05, 4.69) is 29.4 Å². The van der Waals surface area contributed by atoms with E-state index in [9.17, 15) is 4.79 Å². The average molecular weight is 306 g/mol. The lowest BCUT2D eigenvalue weighted by atomic mass is 9.99. The first-order valence-electron chi connectivity index (χ1n) is 7.45. The van der Waals surface area contributed by atoms with E-state index in [0.717, 1.165) is 18.2 Å². The number of nitrogens with one attached hydrogen (secondary N) is 1. The summed E-state index contributed by atoms with van der Waals surface area (Å²) in [5.41, 5.74) is 6.54. The number of fused-ring (bicyclic) bond motifs is 1. The second-order valence-electron chi connectivity index (χ2n) is 5.22. The van der Waals surface area contributed by atoms with Gasteiger partial charge in [0.1, 0.15) is 9.71 Å². The second kappa shape index (κ2) is 7.36. The van der Waals surface area contributed by atoms with E-state index < -0.39 is 0 Å². The van der Waals surface area contributed by atoms with Gasteiger partial charge in [0.2, 0.25) is 0 Å². The molecule has 0 saturated carbocycles. The molecule has 0 aromatic carbocycles. The maximum absolute atomic E-state index is 12.3. The number of thiophene rings is 1. The van der Waals surface area contributed by atoms with E-state index in [1.165, 1.54) is 24.2 Å². The molecule has 0 radical (unpaired) electrons. The fourth-order valence-corrected chi connectivity index (χ4v) is 3.26. The summed E-state index contributed by atoms with van der Waals surface area (Å²) < 4.78 is 0. The number of amides is 1. The van der Waals surface area contributed by atoms with Crippen LogP contribution < -0.4 is 11.1 Å². The molecule has 1 amide bonds. The zero-order chi connectivity index (χ0) is 15.2. The van der Waals surface area contributed by atoms with Crippen molar-refractivity contribution in [2.45, 2.75) is 39.5 Å². The number of anilines is 1. The molecule has 21 heavy (non-hydrogen) atoms. The van der Waals surface area contributed by atoms with E-state index in [4.69, 9.17) is 5.73 Å². The van der Waals surface area contributed by atoms with Crippen LogP contribution in [0.3, 0.4) is 0 Å². The number of unbranched alkanes of at least 4 members (excludes halogenated alkanes) is 1. The van der Waals surface area contributed by atoms with Crippen LogP contribution in [0.2, 0.25) is 0 Å². The van der Waals surface area contributed by atoms with E-state index in [-0.39, 0.29) is 5.91 Å². The normalized spacial score (nSPS) is 12.5. The number of nitrogens with two attached hydrogens (primary N) is 1. The molecule has 0 aliphatic rings. The monoisotopic (exact) mass is 306 g/mol. The largest absolute Gasteiger partial charge is 0.397 e. The fourth-order valence-electron chi connectivity index (χ4n) is 2.30. The quantitative estimate of drug-likeness (QED) is 0.823. The Labute approximate surface area is 128 Å². The van der Waals surface area contributed by atoms with Crippen LogP contribution in [0.15, 0.2) is 12.3 Å². The van der Waals surface area contributed by atoms with Crippen LogP contribution in [0.1, 0.15) is 49.2 Å². The minimum absolute atomic E-state index is 0.106. The first kappa shape index (κ1) is 15.7. The van der Waals surface area contributed by atoms with Crippen molar-refractivity contribution in [3.63, 3.8) is 0 Å². The number of carbonyl (C=O) groups excluding carboxylic acids is 1. The molecule has 6 heteroatoms. The van der Waals surface area contributed by atoms with Gasteiger partial charge >= 0.3 is 0 Å². The van der Waals surface area contributed by atoms with Gasteiger partial charge in [-0.05, 0) is 18.4 Å². The van der Waals surface area contributed by atoms with Crippen LogP contribution in [0.5, 0.6) is 0 Å². The van der Waals surface area contributed by atoms with Gasteiger partial charge in [0.05, 0.1) is 11.9 Å². The second-order valence-corrected chi connectivity index (χ2v) is 6.22. The van der Waals surface area contributed by atoms with Crippen molar-refractivity contribution in [2.24, 2.45) is 5.92 Å². The molecule has 0 aliphatic heterocycles. The van der Waals surface area contributed by atoms with Crippen LogP contribution in [0, 0.1) is 5.92 Å². The molecule has 2 aromatic heterocycles. The summed E-state index contributed by atoms with van der Waals surface area (Å²) in [7, 11) is 0. The number of hydrogen-bond donors (Lipinski definition) is 2. The van der Waals surface area contributed by atoms with Crippen LogP contribution in [0.4, 0.5) is 5.69 Å². The van der Waals surface area contributed by atoms with Gasteiger partial charge in [0.25, 0.3) is 5.91 Å². The van der Waals surface area contributed by atoms with E-state index in [0.29, 0.717) is 27.9 Å². The topological polar surface area (TPSA) is 80.9 Å². The summed E-state index contributed by atoms with van der Waals surface area (Å²) in [5.74, 6) is 0.426. The van der Waals surface area contributed by atoms with Gasteiger partial charge in [0.15, 0.2) is 0 Å². The van der Waals surface area contributed by atoms with E-state index >= 15 is 0 Å². The van der Waals surface area contributed by atoms with Gasteiger partial charge < -0.3 is 11.1 Å². The Morgan fingerprint density at radius 2 is 2.29 bits per heavy atom. The summed E-state index contributed by atoms with van der Waals surface area (Å²) in [6.45, 7) is 5.05. The molecule has 0 bridgehead atoms. The number of nitrogens with zero attached hydrogens (tertiary/aromatic N) is 2. The molecule has 0 aliphatic carbocycles. The summed E-state index contributed by atoms with van der Waals surface area (Å²) >= 11 is 1.30. The lowest BCUT2D eigenvalue weighted by Crippen LogP contribution is -2.29. The predicted molar refractivity (Wildman–Crippen MR) is 87.5 cm³/mol. The number of aromatic nitrogens is 2. The zero-order valence-electron chi connectivity index (χ0n) is 12.6. The van der Waals surface area contributed by atoms with Crippen molar-refractivity contribution in [1.29, 1.82) is 0 Å². The molecule has 1 atom stereocenters. The van der Waals surface area contributed by atoms with E-state index in [1.807, 2.05) is 0 Å². The molecular formula is C15H22N4OS. The number of rotatable bonds is 7. The smallest absolute Gasteiger partial charge is 0.263 e. The van der Waals surface area contributed by atoms with Crippen molar-refractivity contribution in [3.05, 3.63) is 17.1 Å². The van der Waals surface area contributed by atoms with Crippen LogP contribution in [-0.2, 0) is 0 Å². The average Bonchev–Trinajstić information content (AvgIpc) is 2.85. The summed E-state index contributed by atoms with van der Waals surface area (Å²) in [4.78, 5) is 13.5. The zero-order valence-corrected chi connectivity index (χ0v) is 13.4. The van der Waals surface area contributed by atoms with Crippen molar-refractivity contribution < 1.29 is 4.79 Å². The highest BCUT2D eigenvalue weighted by molar-refractivity contribution is 7.21. The highest BCUT2D eigenvalue weighted by Gasteiger charge is 2.18. The molecule has 2 rings (SSSR count). The number of carbonyl (C=O) groups is 1. The summed E-state index contributed by atoms with van der Waals surface area (Å²) in [6.07, 6.45) is 6.21. The molecule has 2 heterocycles. The number of nitrogen functional groups attached to an aromatic ring is 1. The van der Waals surface area contributed by atoms with Gasteiger partial charge in [-0.1, -0.05) is 33.1 Å². The lowest BCUT2D eigenvalue weighted by molar-refractivity contribution is 0.0950. The molecule has 0 fully saturated rings. The molecule has 5 nitrogen and oxygen atoms in total. The van der Waals surface area contributed by atoms with Crippen LogP contribution in [0.25, 0.3) is 10.2 Å². The Bertz CT molecular complexity index is 611. The Balaban J connectivity index is 2.03. The molecule has 0 spiro atoms. The third-order valence-corrected chi connectivity index (χ3v) is 4.83. The molecule has 3 N–H and O–H groups in total. The molecule has 1 unspecified atom stereocenters. The first-order chi connectivity index (χ1) is 10.2. The Morgan fingerprint density at radius 3 is 2.95 bits per heavy atom. The van der Waals surface area contributed by atoms with Gasteiger partial charge in [-0.25, -0.2) is 0 Å². The number of hydrogen-bond acceptors (Lipinski definition) is 5. The van der Waals surface area contributed by atoms with Gasteiger partial charge in [-0.2, -0.15) is 5.10 Å². The Morgan fingerprint density at radius 1 is 1.48 bits per heavy atom. The SMILES string of the molecule is CCCCC(CC)CNC(=O)c1sc2nnccc2c1N. The summed E-state index contributed by atoms with van der Waals surface area (Å²) in [6, 6.07) is 1.79. The molecular weight excluding hydrogens is 284 g/mol. The van der Waals surface area contributed by atoms with Crippen molar-refractivity contribution in [3.8, 4) is 0 Å². The maximum Gasteiger partial charge on any atom is 0.263 e. The van der Waals surface area contributed by atoms with E-state index in [1.54, 1.807) is 12.3 Å². The molecule has 2 aromatic rings. The third-order valence-electron chi connectivity index (χ3n) is 3.72. The highest BCUT2D eigenvalue weighted by atomic mass is 32.1. The Hall–Kier alpha value is -1.69. The van der Waals surface area contributed by atoms with Gasteiger partial charge in [-0.15, -0.1) is 16.4 Å². The lowest BCUT2D eigenvalue weighted by Gasteiger charge is -2.14. The molecule has 0 saturated heterocycles. The fraction of sp³-hybridized carbons (Fsp3) is 0.533. The summed E-state index contributed by atoms with van der Waals surface area (Å²) in [5, 5.41) is 11.6. The van der Waals surface area contributed by atoms with Gasteiger partial charge in [0, 0.05) is 11.9 Å². The predicted octanol–water partition coefficient (Wildman–Crippen LogP) is 3.22. The van der Waals surface area contributed by atoms with Crippen molar-refractivity contribution in [2.75, 3.05) is 12.3 Å². The standard InChI is InChI=1S/C15H22N4OS/c1-3-5-6-10(4-2)9-17-14(20)13-12(16)11-7-8-18-19-15(11)21-13/h7-8,10H,3-6,9,16H2,1-2H3,(H,17,20). The van der Waals surface area contributed by atoms with Crippen LogP contribution >= 0.6 is 11.3 Å². The third kappa shape index (κ3) is 3.69. The van der Waals surface area contributed by atoms with Crippen LogP contribution in [-0.4, -0.2) is 22.6 Å². The Kier molecular flexibility index (Phi) is 5.50.